The van der Waals surface area contributed by atoms with Crippen molar-refractivity contribution in [2.45, 2.75) is 13.5 Å². The number of hydrogen-bond donors (Lipinski definition) is 0. The fourth-order valence-electron chi connectivity index (χ4n) is 4.65. The molecule has 212 valence electrons. The lowest BCUT2D eigenvalue weighted by molar-refractivity contribution is -0.136. The van der Waals surface area contributed by atoms with Crippen LogP contribution in [0.25, 0.3) is 6.08 Å². The molecule has 0 radical (unpaired) electrons. The van der Waals surface area contributed by atoms with E-state index >= 15 is 0 Å². The average Bonchev–Trinajstić information content (AvgIpc) is 3.25. The molecule has 2 aliphatic rings. The second kappa shape index (κ2) is 12.9. The topological polar surface area (TPSA) is 79.4 Å². The van der Waals surface area contributed by atoms with Crippen molar-refractivity contribution in [2.75, 3.05) is 44.2 Å². The summed E-state index contributed by atoms with van der Waals surface area (Å²) in [7, 11) is 0. The SMILES string of the molecule is CCOc1cc(/C=C2/SC(=O)N(CC(=O)N3CCN(c4ccccc4)CC3)C2=O)ccc1OCc1ccccc1F. The first-order valence-corrected chi connectivity index (χ1v) is 14.2. The molecule has 5 rings (SSSR count). The largest absolute Gasteiger partial charge is 0.490 e. The monoisotopic (exact) mass is 575 g/mol. The smallest absolute Gasteiger partial charge is 0.294 e. The van der Waals surface area contributed by atoms with Crippen LogP contribution in [-0.4, -0.2) is 66.2 Å². The Balaban J connectivity index is 1.21. The third-order valence-corrected chi connectivity index (χ3v) is 7.73. The van der Waals surface area contributed by atoms with E-state index in [2.05, 4.69) is 4.90 Å². The number of thioether (sulfide) groups is 1. The highest BCUT2D eigenvalue weighted by atomic mass is 32.2. The van der Waals surface area contributed by atoms with Crippen molar-refractivity contribution < 1.29 is 28.2 Å². The molecule has 0 saturated carbocycles. The van der Waals surface area contributed by atoms with E-state index in [1.54, 1.807) is 47.4 Å². The molecule has 3 aromatic carbocycles. The number of rotatable bonds is 9. The Hall–Kier alpha value is -4.31. The summed E-state index contributed by atoms with van der Waals surface area (Å²) in [5, 5.41) is -0.479. The van der Waals surface area contributed by atoms with Gasteiger partial charge in [0.05, 0.1) is 11.5 Å². The van der Waals surface area contributed by atoms with Crippen LogP contribution in [0.1, 0.15) is 18.1 Å². The maximum Gasteiger partial charge on any atom is 0.294 e. The molecule has 0 atom stereocenters. The van der Waals surface area contributed by atoms with E-state index < -0.39 is 11.1 Å². The Labute approximate surface area is 242 Å². The molecule has 3 amide bonds. The van der Waals surface area contributed by atoms with Gasteiger partial charge >= 0.3 is 0 Å². The molecule has 3 aromatic rings. The number of piperazine rings is 1. The van der Waals surface area contributed by atoms with Crippen LogP contribution in [0.2, 0.25) is 0 Å². The Bertz CT molecular complexity index is 1460. The van der Waals surface area contributed by atoms with E-state index in [1.165, 1.54) is 6.07 Å². The molecule has 8 nitrogen and oxygen atoms in total. The standard InChI is InChI=1S/C31H30FN3O5S/c1-2-39-27-18-22(12-13-26(27)40-21-23-8-6-7-11-25(23)32)19-28-30(37)35(31(38)41-28)20-29(36)34-16-14-33(15-17-34)24-9-4-3-5-10-24/h3-13,18-19H,2,14-17,20-21H2,1H3/b28-19+. The summed E-state index contributed by atoms with van der Waals surface area (Å²) in [6.07, 6.45) is 1.59. The number of anilines is 1. The second-order valence-electron chi connectivity index (χ2n) is 9.49. The number of carbonyl (C=O) groups excluding carboxylic acids is 3. The Morgan fingerprint density at radius 1 is 0.927 bits per heavy atom. The van der Waals surface area contributed by atoms with Crippen LogP contribution < -0.4 is 14.4 Å². The minimum absolute atomic E-state index is 0.0281. The van der Waals surface area contributed by atoms with E-state index in [0.717, 1.165) is 22.3 Å². The number of benzene rings is 3. The number of halogens is 1. The Morgan fingerprint density at radius 2 is 1.66 bits per heavy atom. The fourth-order valence-corrected chi connectivity index (χ4v) is 5.49. The van der Waals surface area contributed by atoms with Gasteiger partial charge in [-0.3, -0.25) is 19.3 Å². The van der Waals surface area contributed by atoms with Crippen LogP contribution in [0.15, 0.2) is 77.7 Å². The van der Waals surface area contributed by atoms with Crippen molar-refractivity contribution in [3.05, 3.63) is 94.6 Å². The highest BCUT2D eigenvalue weighted by Gasteiger charge is 2.37. The van der Waals surface area contributed by atoms with Crippen LogP contribution in [-0.2, 0) is 16.2 Å². The van der Waals surface area contributed by atoms with Gasteiger partial charge in [0.1, 0.15) is 19.0 Å². The van der Waals surface area contributed by atoms with Gasteiger partial charge in [0, 0.05) is 37.4 Å². The molecule has 0 aliphatic carbocycles. The van der Waals surface area contributed by atoms with Gasteiger partial charge < -0.3 is 19.3 Å². The van der Waals surface area contributed by atoms with Crippen molar-refractivity contribution >= 4 is 40.6 Å². The second-order valence-corrected chi connectivity index (χ2v) is 10.5. The van der Waals surface area contributed by atoms with Crippen LogP contribution >= 0.6 is 11.8 Å². The Morgan fingerprint density at radius 3 is 2.39 bits per heavy atom. The van der Waals surface area contributed by atoms with Gasteiger partial charge in [0.2, 0.25) is 5.91 Å². The van der Waals surface area contributed by atoms with Gasteiger partial charge in [0.15, 0.2) is 11.5 Å². The highest BCUT2D eigenvalue weighted by molar-refractivity contribution is 8.18. The van der Waals surface area contributed by atoms with Gasteiger partial charge in [-0.25, -0.2) is 4.39 Å². The van der Waals surface area contributed by atoms with Gasteiger partial charge in [0.25, 0.3) is 11.1 Å². The number of hydrogen-bond acceptors (Lipinski definition) is 7. The summed E-state index contributed by atoms with van der Waals surface area (Å²) in [5.41, 5.74) is 2.15. The third kappa shape index (κ3) is 6.71. The number of ether oxygens (including phenoxy) is 2. The molecule has 2 fully saturated rings. The minimum Gasteiger partial charge on any atom is -0.490 e. The van der Waals surface area contributed by atoms with Crippen LogP contribution in [0.3, 0.4) is 0 Å². The maximum atomic E-state index is 14.0. The molecule has 0 aromatic heterocycles. The first-order chi connectivity index (χ1) is 19.9. The van der Waals surface area contributed by atoms with Gasteiger partial charge in [-0.1, -0.05) is 42.5 Å². The Kier molecular flexibility index (Phi) is 8.88. The van der Waals surface area contributed by atoms with Crippen molar-refractivity contribution in [3.8, 4) is 11.5 Å². The molecule has 0 N–H and O–H groups in total. The molecular formula is C31H30FN3O5S. The van der Waals surface area contributed by atoms with E-state index in [1.807, 2.05) is 37.3 Å². The zero-order valence-electron chi connectivity index (χ0n) is 22.6. The molecule has 10 heteroatoms. The number of nitrogens with zero attached hydrogens (tertiary/aromatic N) is 3. The van der Waals surface area contributed by atoms with E-state index in [0.29, 0.717) is 55.4 Å². The third-order valence-electron chi connectivity index (χ3n) is 6.83. The van der Waals surface area contributed by atoms with Crippen molar-refractivity contribution in [3.63, 3.8) is 0 Å². The first kappa shape index (κ1) is 28.2. The zero-order valence-corrected chi connectivity index (χ0v) is 23.4. The molecule has 2 heterocycles. The van der Waals surface area contributed by atoms with Crippen molar-refractivity contribution in [2.24, 2.45) is 0 Å². The number of amides is 3. The number of carbonyl (C=O) groups is 3. The predicted octanol–water partition coefficient (Wildman–Crippen LogP) is 5.19. The summed E-state index contributed by atoms with van der Waals surface area (Å²) in [6, 6.07) is 21.5. The molecule has 0 spiro atoms. The lowest BCUT2D eigenvalue weighted by Crippen LogP contribution is -2.51. The predicted molar refractivity (Wildman–Crippen MR) is 156 cm³/mol. The van der Waals surface area contributed by atoms with E-state index in [-0.39, 0.29) is 29.8 Å². The molecule has 2 aliphatic heterocycles. The summed E-state index contributed by atoms with van der Waals surface area (Å²) < 4.78 is 25.5. The quantitative estimate of drug-likeness (QED) is 0.325. The van der Waals surface area contributed by atoms with Gasteiger partial charge in [-0.05, 0) is 60.7 Å². The summed E-state index contributed by atoms with van der Waals surface area (Å²) in [6.45, 7) is 4.34. The minimum atomic E-state index is -0.505. The molecule has 0 unspecified atom stereocenters. The van der Waals surface area contributed by atoms with Crippen molar-refractivity contribution in [1.29, 1.82) is 0 Å². The highest BCUT2D eigenvalue weighted by Crippen LogP contribution is 2.35. The number of para-hydroxylation sites is 1. The van der Waals surface area contributed by atoms with Crippen LogP contribution in [0.4, 0.5) is 14.9 Å². The summed E-state index contributed by atoms with van der Waals surface area (Å²) in [4.78, 5) is 43.9. The molecule has 0 bridgehead atoms. The summed E-state index contributed by atoms with van der Waals surface area (Å²) in [5.74, 6) is -0.254. The van der Waals surface area contributed by atoms with E-state index in [9.17, 15) is 18.8 Å². The molecule has 2 saturated heterocycles. The van der Waals surface area contributed by atoms with Crippen LogP contribution in [0.5, 0.6) is 11.5 Å². The van der Waals surface area contributed by atoms with Crippen molar-refractivity contribution in [1.82, 2.24) is 9.80 Å². The van der Waals surface area contributed by atoms with Crippen LogP contribution in [0, 0.1) is 5.82 Å². The molecular weight excluding hydrogens is 545 g/mol. The van der Waals surface area contributed by atoms with Gasteiger partial charge in [-0.15, -0.1) is 0 Å². The lowest BCUT2D eigenvalue weighted by atomic mass is 10.1. The normalized spacial score (nSPS) is 16.4. The number of imide groups is 1. The maximum absolute atomic E-state index is 14.0. The van der Waals surface area contributed by atoms with E-state index in [4.69, 9.17) is 9.47 Å². The lowest BCUT2D eigenvalue weighted by Gasteiger charge is -2.36. The average molecular weight is 576 g/mol. The van der Waals surface area contributed by atoms with Gasteiger partial charge in [-0.2, -0.15) is 0 Å². The first-order valence-electron chi connectivity index (χ1n) is 13.4. The fraction of sp³-hybridized carbons (Fsp3) is 0.258. The zero-order chi connectivity index (χ0) is 28.8. The molecule has 41 heavy (non-hydrogen) atoms. The summed E-state index contributed by atoms with van der Waals surface area (Å²) >= 11 is 0.801.